The number of nitrogens with zero attached hydrogens (tertiary/aromatic N) is 1. The van der Waals surface area contributed by atoms with Crippen molar-refractivity contribution in [1.82, 2.24) is 0 Å². The van der Waals surface area contributed by atoms with Gasteiger partial charge in [-0.05, 0) is 48.8 Å². The molecule has 2 rings (SSSR count). The van der Waals surface area contributed by atoms with Gasteiger partial charge in [-0.25, -0.2) is 0 Å². The number of carbonyl (C=O) groups excluding carboxylic acids is 1. The molecule has 3 heteroatoms. The Morgan fingerprint density at radius 2 is 2.00 bits per heavy atom. The van der Waals surface area contributed by atoms with Gasteiger partial charge in [-0.2, -0.15) is 0 Å². The topological polar surface area (TPSA) is 20.3 Å². The summed E-state index contributed by atoms with van der Waals surface area (Å²) in [5, 5.41) is 0.696. The molecule has 1 aliphatic rings. The fraction of sp³-hybridized carbons (Fsp3) is 0.588. The highest BCUT2D eigenvalue weighted by atomic mass is 35.5. The van der Waals surface area contributed by atoms with Crippen molar-refractivity contribution in [3.63, 3.8) is 0 Å². The first-order valence-corrected chi connectivity index (χ1v) is 7.79. The second-order valence-corrected chi connectivity index (χ2v) is 7.24. The highest BCUT2D eigenvalue weighted by Crippen LogP contribution is 2.36. The number of rotatable bonds is 2. The Kier molecular flexibility index (Phi) is 4.74. The van der Waals surface area contributed by atoms with E-state index in [9.17, 15) is 4.79 Å². The van der Waals surface area contributed by atoms with Crippen LogP contribution in [0.25, 0.3) is 0 Å². The zero-order valence-electron chi connectivity index (χ0n) is 12.7. The van der Waals surface area contributed by atoms with Gasteiger partial charge in [0.25, 0.3) is 0 Å². The van der Waals surface area contributed by atoms with Crippen molar-refractivity contribution in [1.29, 1.82) is 0 Å². The second-order valence-electron chi connectivity index (χ2n) is 6.80. The minimum Gasteiger partial charge on any atom is -0.371 e. The predicted octanol–water partition coefficient (Wildman–Crippen LogP) is 4.81. The summed E-state index contributed by atoms with van der Waals surface area (Å²) in [4.78, 5) is 13.5. The summed E-state index contributed by atoms with van der Waals surface area (Å²) in [6.45, 7) is 8.98. The van der Waals surface area contributed by atoms with Gasteiger partial charge in [0.15, 0.2) is 6.29 Å². The Balaban J connectivity index is 2.18. The van der Waals surface area contributed by atoms with Crippen molar-refractivity contribution >= 4 is 23.6 Å². The third kappa shape index (κ3) is 3.54. The summed E-state index contributed by atoms with van der Waals surface area (Å²) in [5.74, 6) is 0.742. The maximum absolute atomic E-state index is 11.2. The number of halogens is 1. The molecule has 0 saturated carbocycles. The lowest BCUT2D eigenvalue weighted by molar-refractivity contribution is 0.112. The van der Waals surface area contributed by atoms with Crippen molar-refractivity contribution in [2.75, 3.05) is 18.0 Å². The summed E-state index contributed by atoms with van der Waals surface area (Å²) in [7, 11) is 0. The largest absolute Gasteiger partial charge is 0.371 e. The summed E-state index contributed by atoms with van der Waals surface area (Å²) in [6, 6.07) is 5.52. The number of aldehydes is 1. The number of benzene rings is 1. The Morgan fingerprint density at radius 1 is 1.25 bits per heavy atom. The number of hydrogen-bond acceptors (Lipinski definition) is 2. The molecule has 1 unspecified atom stereocenters. The quantitative estimate of drug-likeness (QED) is 0.730. The fourth-order valence-electron chi connectivity index (χ4n) is 3.09. The van der Waals surface area contributed by atoms with E-state index in [0.29, 0.717) is 10.4 Å². The van der Waals surface area contributed by atoms with Crippen molar-refractivity contribution in [3.05, 3.63) is 28.8 Å². The molecule has 2 nitrogen and oxygen atoms in total. The van der Waals surface area contributed by atoms with Gasteiger partial charge in [0.05, 0.1) is 0 Å². The van der Waals surface area contributed by atoms with E-state index < -0.39 is 0 Å². The SMILES string of the molecule is CC(C)(C)C1CCCN(c2cc(Cl)ccc2C=O)CC1. The smallest absolute Gasteiger partial charge is 0.152 e. The van der Waals surface area contributed by atoms with Gasteiger partial charge in [-0.1, -0.05) is 32.4 Å². The van der Waals surface area contributed by atoms with E-state index in [1.807, 2.05) is 12.1 Å². The first kappa shape index (κ1) is 15.4. The van der Waals surface area contributed by atoms with Crippen molar-refractivity contribution in [2.24, 2.45) is 11.3 Å². The average Bonchev–Trinajstić information content (AvgIpc) is 2.63. The minimum atomic E-state index is 0.359. The lowest BCUT2D eigenvalue weighted by atomic mass is 9.77. The van der Waals surface area contributed by atoms with Crippen molar-refractivity contribution in [2.45, 2.75) is 40.0 Å². The summed E-state index contributed by atoms with van der Waals surface area (Å²) < 4.78 is 0. The van der Waals surface area contributed by atoms with Gasteiger partial charge in [0, 0.05) is 29.4 Å². The maximum Gasteiger partial charge on any atom is 0.152 e. The van der Waals surface area contributed by atoms with Crippen LogP contribution in [0.15, 0.2) is 18.2 Å². The molecule has 0 N–H and O–H groups in total. The zero-order chi connectivity index (χ0) is 14.8. The molecule has 1 heterocycles. The van der Waals surface area contributed by atoms with Crippen LogP contribution in [0.5, 0.6) is 0 Å². The third-order valence-corrected chi connectivity index (χ3v) is 4.65. The molecule has 1 aliphatic heterocycles. The van der Waals surface area contributed by atoms with Crippen molar-refractivity contribution < 1.29 is 4.79 Å². The molecule has 1 saturated heterocycles. The first-order chi connectivity index (χ1) is 9.41. The minimum absolute atomic E-state index is 0.359. The van der Waals surface area contributed by atoms with Gasteiger partial charge < -0.3 is 4.90 Å². The van der Waals surface area contributed by atoms with Crippen LogP contribution in [0.2, 0.25) is 5.02 Å². The van der Waals surface area contributed by atoms with E-state index in [4.69, 9.17) is 11.6 Å². The summed E-state index contributed by atoms with van der Waals surface area (Å²) in [5.41, 5.74) is 2.09. The molecule has 1 atom stereocenters. The van der Waals surface area contributed by atoms with Crippen LogP contribution in [-0.4, -0.2) is 19.4 Å². The van der Waals surface area contributed by atoms with Crippen LogP contribution >= 0.6 is 11.6 Å². The molecule has 0 spiro atoms. The molecule has 0 radical (unpaired) electrons. The molecule has 1 fully saturated rings. The molecular weight excluding hydrogens is 270 g/mol. The van der Waals surface area contributed by atoms with E-state index in [-0.39, 0.29) is 0 Å². The predicted molar refractivity (Wildman–Crippen MR) is 85.8 cm³/mol. The van der Waals surface area contributed by atoms with Crippen LogP contribution in [-0.2, 0) is 0 Å². The molecular formula is C17H24ClNO. The lowest BCUT2D eigenvalue weighted by Crippen LogP contribution is -2.26. The van der Waals surface area contributed by atoms with Gasteiger partial charge in [0.1, 0.15) is 0 Å². The Morgan fingerprint density at radius 3 is 2.65 bits per heavy atom. The van der Waals surface area contributed by atoms with Crippen LogP contribution in [0.4, 0.5) is 5.69 Å². The molecule has 1 aromatic carbocycles. The Hall–Kier alpha value is -1.02. The maximum atomic E-state index is 11.2. The van der Waals surface area contributed by atoms with Gasteiger partial charge in [0.2, 0.25) is 0 Å². The molecule has 0 amide bonds. The van der Waals surface area contributed by atoms with Crippen LogP contribution < -0.4 is 4.90 Å². The van der Waals surface area contributed by atoms with Gasteiger partial charge >= 0.3 is 0 Å². The first-order valence-electron chi connectivity index (χ1n) is 7.41. The van der Waals surface area contributed by atoms with E-state index in [0.717, 1.165) is 36.5 Å². The number of hydrogen-bond donors (Lipinski definition) is 0. The monoisotopic (exact) mass is 293 g/mol. The van der Waals surface area contributed by atoms with E-state index >= 15 is 0 Å². The van der Waals surface area contributed by atoms with Crippen LogP contribution in [0.1, 0.15) is 50.4 Å². The Labute approximate surface area is 127 Å². The normalized spacial score (nSPS) is 20.6. The summed E-state index contributed by atoms with van der Waals surface area (Å²) in [6.07, 6.45) is 4.54. The fourth-order valence-corrected chi connectivity index (χ4v) is 3.26. The highest BCUT2D eigenvalue weighted by Gasteiger charge is 2.27. The van der Waals surface area contributed by atoms with E-state index in [1.165, 1.54) is 19.3 Å². The van der Waals surface area contributed by atoms with Crippen LogP contribution in [0, 0.1) is 11.3 Å². The zero-order valence-corrected chi connectivity index (χ0v) is 13.4. The molecule has 0 aromatic heterocycles. The molecule has 110 valence electrons. The van der Waals surface area contributed by atoms with E-state index in [1.54, 1.807) is 6.07 Å². The molecule has 20 heavy (non-hydrogen) atoms. The second kappa shape index (κ2) is 6.17. The Bertz CT molecular complexity index is 478. The standard InChI is InChI=1S/C17H24ClNO/c1-17(2,3)14-5-4-9-19(10-8-14)16-11-15(18)7-6-13(16)12-20/h6-7,11-12,14H,4-5,8-10H2,1-3H3. The van der Waals surface area contributed by atoms with Gasteiger partial charge in [-0.3, -0.25) is 4.79 Å². The summed E-state index contributed by atoms with van der Waals surface area (Å²) >= 11 is 6.09. The van der Waals surface area contributed by atoms with E-state index in [2.05, 4.69) is 25.7 Å². The third-order valence-electron chi connectivity index (χ3n) is 4.41. The molecule has 1 aromatic rings. The molecule has 0 aliphatic carbocycles. The number of carbonyl (C=O) groups is 1. The van der Waals surface area contributed by atoms with Crippen molar-refractivity contribution in [3.8, 4) is 0 Å². The van der Waals surface area contributed by atoms with Gasteiger partial charge in [-0.15, -0.1) is 0 Å². The molecule has 0 bridgehead atoms. The highest BCUT2D eigenvalue weighted by molar-refractivity contribution is 6.31. The van der Waals surface area contributed by atoms with Crippen LogP contribution in [0.3, 0.4) is 0 Å². The number of anilines is 1. The average molecular weight is 294 g/mol. The lowest BCUT2D eigenvalue weighted by Gasteiger charge is -2.30.